The van der Waals surface area contributed by atoms with E-state index in [0.717, 1.165) is 12.5 Å². The SMILES string of the molecule is O=[N+]([O-])c1cc(F)ccc1NCC1CC2C=CC1C2. The molecule has 0 saturated heterocycles. The summed E-state index contributed by atoms with van der Waals surface area (Å²) in [6, 6.07) is 3.65. The lowest BCUT2D eigenvalue weighted by Crippen LogP contribution is -2.18. The van der Waals surface area contributed by atoms with Crippen molar-refractivity contribution < 1.29 is 9.31 Å². The number of nitrogens with one attached hydrogen (secondary N) is 1. The molecule has 0 heterocycles. The molecule has 2 aliphatic carbocycles. The van der Waals surface area contributed by atoms with Crippen LogP contribution in [0.3, 0.4) is 0 Å². The zero-order valence-electron chi connectivity index (χ0n) is 10.4. The highest BCUT2D eigenvalue weighted by atomic mass is 19.1. The summed E-state index contributed by atoms with van der Waals surface area (Å²) in [5.41, 5.74) is 0.205. The molecule has 5 heteroatoms. The van der Waals surface area contributed by atoms with E-state index < -0.39 is 10.7 Å². The van der Waals surface area contributed by atoms with Gasteiger partial charge in [0, 0.05) is 6.54 Å². The Morgan fingerprint density at radius 3 is 2.84 bits per heavy atom. The van der Waals surface area contributed by atoms with E-state index >= 15 is 0 Å². The number of rotatable bonds is 4. The van der Waals surface area contributed by atoms with Crippen molar-refractivity contribution in [2.75, 3.05) is 11.9 Å². The summed E-state index contributed by atoms with van der Waals surface area (Å²) in [6.45, 7) is 0.706. The fraction of sp³-hybridized carbons (Fsp3) is 0.429. The van der Waals surface area contributed by atoms with Crippen molar-refractivity contribution in [3.05, 3.63) is 46.3 Å². The minimum Gasteiger partial charge on any atom is -0.379 e. The highest BCUT2D eigenvalue weighted by Gasteiger charge is 2.35. The molecule has 0 radical (unpaired) electrons. The molecule has 1 N–H and O–H groups in total. The van der Waals surface area contributed by atoms with Gasteiger partial charge in [-0.2, -0.15) is 0 Å². The summed E-state index contributed by atoms with van der Waals surface area (Å²) < 4.78 is 13.0. The van der Waals surface area contributed by atoms with Gasteiger partial charge in [-0.25, -0.2) is 4.39 Å². The Bertz CT molecular complexity index is 544. The first kappa shape index (κ1) is 12.1. The van der Waals surface area contributed by atoms with Gasteiger partial charge in [-0.15, -0.1) is 0 Å². The van der Waals surface area contributed by atoms with Crippen molar-refractivity contribution in [1.82, 2.24) is 0 Å². The molecule has 4 nitrogen and oxygen atoms in total. The second-order valence-electron chi connectivity index (χ2n) is 5.34. The van der Waals surface area contributed by atoms with Crippen molar-refractivity contribution in [2.24, 2.45) is 17.8 Å². The Morgan fingerprint density at radius 1 is 1.37 bits per heavy atom. The van der Waals surface area contributed by atoms with E-state index in [1.807, 2.05) is 0 Å². The summed E-state index contributed by atoms with van der Waals surface area (Å²) in [5.74, 6) is 1.22. The van der Waals surface area contributed by atoms with Crippen LogP contribution in [0.5, 0.6) is 0 Å². The van der Waals surface area contributed by atoms with E-state index in [2.05, 4.69) is 17.5 Å². The first-order chi connectivity index (χ1) is 9.13. The van der Waals surface area contributed by atoms with Crippen LogP contribution < -0.4 is 5.32 Å². The van der Waals surface area contributed by atoms with Crippen LogP contribution in [0.2, 0.25) is 0 Å². The Labute approximate surface area is 110 Å². The predicted octanol–water partition coefficient (Wildman–Crippen LogP) is 3.36. The third-order valence-corrected chi connectivity index (χ3v) is 4.13. The lowest BCUT2D eigenvalue weighted by Gasteiger charge is -2.19. The molecule has 1 fully saturated rings. The van der Waals surface area contributed by atoms with Crippen LogP contribution in [0.1, 0.15) is 12.8 Å². The maximum atomic E-state index is 13.0. The largest absolute Gasteiger partial charge is 0.379 e. The molecule has 3 unspecified atom stereocenters. The monoisotopic (exact) mass is 262 g/mol. The van der Waals surface area contributed by atoms with Gasteiger partial charge in [0.15, 0.2) is 0 Å². The van der Waals surface area contributed by atoms with E-state index in [0.29, 0.717) is 30.0 Å². The van der Waals surface area contributed by atoms with E-state index in [1.54, 1.807) is 0 Å². The average molecular weight is 262 g/mol. The molecule has 0 aliphatic heterocycles. The molecule has 1 saturated carbocycles. The van der Waals surface area contributed by atoms with Crippen LogP contribution >= 0.6 is 0 Å². The summed E-state index contributed by atoms with van der Waals surface area (Å²) in [6.07, 6.45) is 6.86. The zero-order valence-corrected chi connectivity index (χ0v) is 10.4. The van der Waals surface area contributed by atoms with Crippen LogP contribution in [-0.2, 0) is 0 Å². The summed E-state index contributed by atoms with van der Waals surface area (Å²) in [5, 5.41) is 14.0. The van der Waals surface area contributed by atoms with Crippen LogP contribution in [0.15, 0.2) is 30.4 Å². The van der Waals surface area contributed by atoms with Crippen molar-refractivity contribution in [2.45, 2.75) is 12.8 Å². The third-order valence-electron chi connectivity index (χ3n) is 4.13. The lowest BCUT2D eigenvalue weighted by atomic mass is 9.93. The molecular formula is C14H15FN2O2. The molecule has 0 aromatic heterocycles. The summed E-state index contributed by atoms with van der Waals surface area (Å²) in [7, 11) is 0. The van der Waals surface area contributed by atoms with Gasteiger partial charge in [0.2, 0.25) is 0 Å². The predicted molar refractivity (Wildman–Crippen MR) is 70.4 cm³/mol. The maximum absolute atomic E-state index is 13.0. The Morgan fingerprint density at radius 2 is 2.21 bits per heavy atom. The zero-order chi connectivity index (χ0) is 13.4. The molecular weight excluding hydrogens is 247 g/mol. The quantitative estimate of drug-likeness (QED) is 0.514. The van der Waals surface area contributed by atoms with E-state index in [1.165, 1.54) is 18.6 Å². The minimum absolute atomic E-state index is 0.196. The Balaban J connectivity index is 1.70. The van der Waals surface area contributed by atoms with Crippen molar-refractivity contribution in [1.29, 1.82) is 0 Å². The van der Waals surface area contributed by atoms with Crippen LogP contribution in [-0.4, -0.2) is 11.5 Å². The van der Waals surface area contributed by atoms with Gasteiger partial charge in [0.05, 0.1) is 11.0 Å². The van der Waals surface area contributed by atoms with Crippen molar-refractivity contribution in [3.63, 3.8) is 0 Å². The first-order valence-corrected chi connectivity index (χ1v) is 6.49. The van der Waals surface area contributed by atoms with Crippen LogP contribution in [0.25, 0.3) is 0 Å². The molecule has 19 heavy (non-hydrogen) atoms. The molecule has 2 bridgehead atoms. The van der Waals surface area contributed by atoms with Gasteiger partial charge in [0.1, 0.15) is 11.5 Å². The highest BCUT2D eigenvalue weighted by molar-refractivity contribution is 5.61. The van der Waals surface area contributed by atoms with Gasteiger partial charge in [-0.1, -0.05) is 12.2 Å². The molecule has 1 aromatic carbocycles. The molecule has 100 valence electrons. The van der Waals surface area contributed by atoms with E-state index in [4.69, 9.17) is 0 Å². The van der Waals surface area contributed by atoms with Crippen molar-refractivity contribution in [3.8, 4) is 0 Å². The molecule has 3 atom stereocenters. The molecule has 2 aliphatic rings. The smallest absolute Gasteiger partial charge is 0.295 e. The average Bonchev–Trinajstić information content (AvgIpc) is 2.99. The summed E-state index contributed by atoms with van der Waals surface area (Å²) in [4.78, 5) is 10.3. The number of halogens is 1. The Hall–Kier alpha value is -1.91. The fourth-order valence-electron chi connectivity index (χ4n) is 3.18. The van der Waals surface area contributed by atoms with Gasteiger partial charge in [-0.05, 0) is 42.7 Å². The lowest BCUT2D eigenvalue weighted by molar-refractivity contribution is -0.384. The van der Waals surface area contributed by atoms with Gasteiger partial charge >= 0.3 is 0 Å². The van der Waals surface area contributed by atoms with E-state index in [9.17, 15) is 14.5 Å². The molecule has 0 spiro atoms. The number of benzene rings is 1. The fourth-order valence-corrected chi connectivity index (χ4v) is 3.18. The number of nitro groups is 1. The van der Waals surface area contributed by atoms with Gasteiger partial charge in [0.25, 0.3) is 5.69 Å². The highest BCUT2D eigenvalue weighted by Crippen LogP contribution is 2.43. The Kier molecular flexibility index (Phi) is 2.97. The second kappa shape index (κ2) is 4.64. The number of hydrogen-bond acceptors (Lipinski definition) is 3. The van der Waals surface area contributed by atoms with Gasteiger partial charge in [-0.3, -0.25) is 10.1 Å². The number of nitro benzene ring substituents is 1. The first-order valence-electron chi connectivity index (χ1n) is 6.49. The summed E-state index contributed by atoms with van der Waals surface area (Å²) >= 11 is 0. The second-order valence-corrected chi connectivity index (χ2v) is 5.34. The number of nitrogens with zero attached hydrogens (tertiary/aromatic N) is 1. The number of allylic oxidation sites excluding steroid dienone is 2. The minimum atomic E-state index is -0.583. The number of anilines is 1. The van der Waals surface area contributed by atoms with Crippen LogP contribution in [0.4, 0.5) is 15.8 Å². The third kappa shape index (κ3) is 2.32. The van der Waals surface area contributed by atoms with Crippen molar-refractivity contribution >= 4 is 11.4 Å². The van der Waals surface area contributed by atoms with Gasteiger partial charge < -0.3 is 5.32 Å². The topological polar surface area (TPSA) is 55.2 Å². The number of hydrogen-bond donors (Lipinski definition) is 1. The van der Waals surface area contributed by atoms with E-state index in [-0.39, 0.29) is 5.69 Å². The maximum Gasteiger partial charge on any atom is 0.295 e. The molecule has 3 rings (SSSR count). The molecule has 0 amide bonds. The number of fused-ring (bicyclic) bond motifs is 2. The molecule has 1 aromatic rings. The standard InChI is InChI=1S/C14H15FN2O2/c15-12-3-4-13(14(7-12)17(18)19)16-8-11-6-9-1-2-10(11)5-9/h1-4,7,9-11,16H,5-6,8H2. The normalized spacial score (nSPS) is 27.7. The van der Waals surface area contributed by atoms with Crippen LogP contribution in [0, 0.1) is 33.7 Å².